The van der Waals surface area contributed by atoms with Crippen molar-refractivity contribution in [2.45, 2.75) is 0 Å². The van der Waals surface area contributed by atoms with E-state index in [1.807, 2.05) is 50.6 Å². The summed E-state index contributed by atoms with van der Waals surface area (Å²) < 4.78 is 0. The number of likely N-dealkylation sites (N-methyl/N-ethyl adjacent to an activating group) is 1. The molecule has 0 saturated heterocycles. The fourth-order valence-electron chi connectivity index (χ4n) is 2.24. The number of rotatable bonds is 6. The molecule has 3 rings (SSSR count). The van der Waals surface area contributed by atoms with E-state index >= 15 is 0 Å². The Kier molecular flexibility index (Phi) is 5.08. The van der Waals surface area contributed by atoms with E-state index in [1.165, 1.54) is 0 Å². The van der Waals surface area contributed by atoms with Crippen LogP contribution in [0, 0.1) is 0 Å². The van der Waals surface area contributed by atoms with Gasteiger partial charge in [0, 0.05) is 55.1 Å². The van der Waals surface area contributed by atoms with Crippen LogP contribution in [-0.2, 0) is 0 Å². The Labute approximate surface area is 141 Å². The Hall–Kier alpha value is -2.86. The number of pyridine rings is 2. The van der Waals surface area contributed by atoms with Crippen molar-refractivity contribution in [3.63, 3.8) is 0 Å². The van der Waals surface area contributed by atoms with Gasteiger partial charge < -0.3 is 10.2 Å². The zero-order valence-electron chi connectivity index (χ0n) is 13.8. The molecule has 0 aliphatic carbocycles. The highest BCUT2D eigenvalue weighted by molar-refractivity contribution is 5.66. The fourth-order valence-corrected chi connectivity index (χ4v) is 2.24. The lowest BCUT2D eigenvalue weighted by atomic mass is 10.2. The summed E-state index contributed by atoms with van der Waals surface area (Å²) in [5.41, 5.74) is 2.74. The van der Waals surface area contributed by atoms with Crippen LogP contribution in [0.3, 0.4) is 0 Å². The minimum absolute atomic E-state index is 0.672. The normalized spacial score (nSPS) is 10.8. The first-order valence-electron chi connectivity index (χ1n) is 7.81. The van der Waals surface area contributed by atoms with Gasteiger partial charge in [0.15, 0.2) is 5.82 Å². The van der Waals surface area contributed by atoms with Gasteiger partial charge in [-0.05, 0) is 38.4 Å². The maximum absolute atomic E-state index is 4.69. The first kappa shape index (κ1) is 16.0. The molecular weight excluding hydrogens is 300 g/mol. The van der Waals surface area contributed by atoms with Crippen molar-refractivity contribution < 1.29 is 0 Å². The molecule has 0 saturated carbocycles. The Balaban J connectivity index is 1.96. The molecular formula is C18H20N6. The summed E-state index contributed by atoms with van der Waals surface area (Å²) in [6.45, 7) is 1.74. The van der Waals surface area contributed by atoms with E-state index in [-0.39, 0.29) is 0 Å². The third kappa shape index (κ3) is 4.11. The molecule has 3 aromatic heterocycles. The maximum atomic E-state index is 4.69. The molecule has 0 bridgehead atoms. The number of nitrogens with zero attached hydrogens (tertiary/aromatic N) is 5. The van der Waals surface area contributed by atoms with Gasteiger partial charge in [-0.15, -0.1) is 0 Å². The third-order valence-electron chi connectivity index (χ3n) is 3.49. The number of nitrogens with one attached hydrogen (secondary N) is 1. The largest absolute Gasteiger partial charge is 0.369 e. The topological polar surface area (TPSA) is 66.8 Å². The van der Waals surface area contributed by atoms with E-state index in [2.05, 4.69) is 30.2 Å². The standard InChI is InChI=1S/C18H20N6/c1-24(2)11-10-21-17-12-16(15-4-3-7-20-13-15)22-18(23-17)14-5-8-19-9-6-14/h3-9,12-13H,10-11H2,1-2H3,(H,21,22,23). The van der Waals surface area contributed by atoms with E-state index in [1.54, 1.807) is 18.6 Å². The van der Waals surface area contributed by atoms with E-state index in [0.29, 0.717) is 5.82 Å². The summed E-state index contributed by atoms with van der Waals surface area (Å²) in [5.74, 6) is 1.48. The van der Waals surface area contributed by atoms with Crippen molar-refractivity contribution in [1.29, 1.82) is 0 Å². The SMILES string of the molecule is CN(C)CCNc1cc(-c2cccnc2)nc(-c2ccncc2)n1. The number of anilines is 1. The van der Waals surface area contributed by atoms with Crippen LogP contribution in [0.4, 0.5) is 5.82 Å². The lowest BCUT2D eigenvalue weighted by Crippen LogP contribution is -2.21. The predicted octanol–water partition coefficient (Wildman–Crippen LogP) is 2.57. The summed E-state index contributed by atoms with van der Waals surface area (Å²) in [6.07, 6.45) is 7.05. The second kappa shape index (κ2) is 7.61. The molecule has 0 amide bonds. The van der Waals surface area contributed by atoms with Gasteiger partial charge in [-0.25, -0.2) is 9.97 Å². The van der Waals surface area contributed by atoms with Crippen LogP contribution < -0.4 is 5.32 Å². The Morgan fingerprint density at radius 1 is 0.958 bits per heavy atom. The van der Waals surface area contributed by atoms with Crippen molar-refractivity contribution in [3.8, 4) is 22.6 Å². The molecule has 3 heterocycles. The highest BCUT2D eigenvalue weighted by atomic mass is 15.1. The maximum Gasteiger partial charge on any atom is 0.162 e. The average Bonchev–Trinajstić information content (AvgIpc) is 2.63. The summed E-state index contributed by atoms with van der Waals surface area (Å²) in [5, 5.41) is 3.37. The van der Waals surface area contributed by atoms with Crippen LogP contribution >= 0.6 is 0 Å². The number of aromatic nitrogens is 4. The minimum Gasteiger partial charge on any atom is -0.369 e. The van der Waals surface area contributed by atoms with Crippen LogP contribution in [0.25, 0.3) is 22.6 Å². The van der Waals surface area contributed by atoms with Gasteiger partial charge >= 0.3 is 0 Å². The van der Waals surface area contributed by atoms with E-state index < -0.39 is 0 Å². The smallest absolute Gasteiger partial charge is 0.162 e. The summed E-state index contributed by atoms with van der Waals surface area (Å²) in [4.78, 5) is 19.7. The first-order valence-corrected chi connectivity index (χ1v) is 7.81. The van der Waals surface area contributed by atoms with Crippen molar-refractivity contribution >= 4 is 5.82 Å². The van der Waals surface area contributed by atoms with Crippen LogP contribution in [0.2, 0.25) is 0 Å². The zero-order valence-corrected chi connectivity index (χ0v) is 13.8. The molecule has 6 heteroatoms. The molecule has 0 spiro atoms. The zero-order chi connectivity index (χ0) is 16.8. The molecule has 24 heavy (non-hydrogen) atoms. The van der Waals surface area contributed by atoms with E-state index in [0.717, 1.165) is 35.7 Å². The van der Waals surface area contributed by atoms with E-state index in [9.17, 15) is 0 Å². The molecule has 122 valence electrons. The molecule has 3 aromatic rings. The second-order valence-corrected chi connectivity index (χ2v) is 5.67. The molecule has 1 N–H and O–H groups in total. The van der Waals surface area contributed by atoms with Gasteiger partial charge in [0.1, 0.15) is 5.82 Å². The molecule has 0 aliphatic rings. The van der Waals surface area contributed by atoms with Crippen molar-refractivity contribution in [1.82, 2.24) is 24.8 Å². The van der Waals surface area contributed by atoms with Gasteiger partial charge in [0.25, 0.3) is 0 Å². The molecule has 0 aromatic carbocycles. The average molecular weight is 320 g/mol. The van der Waals surface area contributed by atoms with Gasteiger partial charge in [-0.3, -0.25) is 9.97 Å². The Morgan fingerprint density at radius 2 is 1.79 bits per heavy atom. The van der Waals surface area contributed by atoms with Gasteiger partial charge in [0.05, 0.1) is 5.69 Å². The summed E-state index contributed by atoms with van der Waals surface area (Å²) in [6, 6.07) is 9.67. The van der Waals surface area contributed by atoms with Crippen LogP contribution in [0.15, 0.2) is 55.1 Å². The molecule has 0 atom stereocenters. The summed E-state index contributed by atoms with van der Waals surface area (Å²) in [7, 11) is 4.09. The molecule has 0 fully saturated rings. The van der Waals surface area contributed by atoms with Gasteiger partial charge in [-0.2, -0.15) is 0 Å². The fraction of sp³-hybridized carbons (Fsp3) is 0.222. The Morgan fingerprint density at radius 3 is 2.50 bits per heavy atom. The molecule has 0 aliphatic heterocycles. The monoisotopic (exact) mass is 320 g/mol. The molecule has 6 nitrogen and oxygen atoms in total. The van der Waals surface area contributed by atoms with Crippen LogP contribution in [0.5, 0.6) is 0 Å². The second-order valence-electron chi connectivity index (χ2n) is 5.67. The van der Waals surface area contributed by atoms with Crippen molar-refractivity contribution in [3.05, 3.63) is 55.1 Å². The highest BCUT2D eigenvalue weighted by Gasteiger charge is 2.09. The van der Waals surface area contributed by atoms with Gasteiger partial charge in [0.2, 0.25) is 0 Å². The third-order valence-corrected chi connectivity index (χ3v) is 3.49. The number of hydrogen-bond donors (Lipinski definition) is 1. The first-order chi connectivity index (χ1) is 11.7. The van der Waals surface area contributed by atoms with Crippen molar-refractivity contribution in [2.24, 2.45) is 0 Å². The lowest BCUT2D eigenvalue weighted by Gasteiger charge is -2.13. The number of hydrogen-bond acceptors (Lipinski definition) is 6. The minimum atomic E-state index is 0.672. The van der Waals surface area contributed by atoms with Gasteiger partial charge in [-0.1, -0.05) is 0 Å². The summed E-state index contributed by atoms with van der Waals surface area (Å²) >= 11 is 0. The van der Waals surface area contributed by atoms with Crippen molar-refractivity contribution in [2.75, 3.05) is 32.5 Å². The van der Waals surface area contributed by atoms with E-state index in [4.69, 9.17) is 0 Å². The van der Waals surface area contributed by atoms with Crippen LogP contribution in [-0.4, -0.2) is 52.0 Å². The highest BCUT2D eigenvalue weighted by Crippen LogP contribution is 2.23. The Bertz CT molecular complexity index is 716. The predicted molar refractivity (Wildman–Crippen MR) is 95.5 cm³/mol. The molecule has 0 radical (unpaired) electrons. The van der Waals surface area contributed by atoms with Crippen LogP contribution in [0.1, 0.15) is 0 Å². The quantitative estimate of drug-likeness (QED) is 0.753. The lowest BCUT2D eigenvalue weighted by molar-refractivity contribution is 0.425. The molecule has 0 unspecified atom stereocenters.